The molecule has 0 unspecified atom stereocenters. The average Bonchev–Trinajstić information content (AvgIpc) is 2.48. The summed E-state index contributed by atoms with van der Waals surface area (Å²) < 4.78 is 0. The van der Waals surface area contributed by atoms with Crippen molar-refractivity contribution in [3.8, 4) is 6.07 Å². The van der Waals surface area contributed by atoms with Crippen molar-refractivity contribution in [1.29, 1.82) is 5.26 Å². The van der Waals surface area contributed by atoms with Gasteiger partial charge in [0, 0.05) is 6.42 Å². The monoisotopic (exact) mass is 377 g/mol. The summed E-state index contributed by atoms with van der Waals surface area (Å²) in [7, 11) is 0. The van der Waals surface area contributed by atoms with E-state index in [2.05, 4.69) is 98.7 Å². The molecule has 0 aliphatic rings. The third-order valence-corrected chi connectivity index (χ3v) is 5.19. The van der Waals surface area contributed by atoms with Crippen LogP contribution in [0.2, 0.25) is 0 Å². The molecule has 0 radical (unpaired) electrons. The van der Waals surface area contributed by atoms with Gasteiger partial charge in [-0.05, 0) is 34.1 Å². The van der Waals surface area contributed by atoms with E-state index < -0.39 is 0 Å². The van der Waals surface area contributed by atoms with Crippen molar-refractivity contribution in [2.45, 2.75) is 103 Å². The molecule has 1 aromatic carbocycles. The number of hydrogen-bond acceptors (Lipinski definition) is 1. The van der Waals surface area contributed by atoms with Crippen molar-refractivity contribution in [1.82, 2.24) is 0 Å². The molecule has 1 aromatic rings. The fourth-order valence-electron chi connectivity index (χ4n) is 1.38. The van der Waals surface area contributed by atoms with Gasteiger partial charge >= 0.3 is 0 Å². The number of nitriles is 1. The van der Waals surface area contributed by atoms with Gasteiger partial charge in [0.05, 0.1) is 6.07 Å². The molecular formula is C26H51N. The third kappa shape index (κ3) is 16.6. The molecule has 0 atom stereocenters. The van der Waals surface area contributed by atoms with Gasteiger partial charge in [-0.25, -0.2) is 0 Å². The summed E-state index contributed by atoms with van der Waals surface area (Å²) in [6.07, 6.45) is 0.681. The first-order chi connectivity index (χ1) is 11.3. The van der Waals surface area contributed by atoms with Gasteiger partial charge in [0.1, 0.15) is 0 Å². The second-order valence-electron chi connectivity index (χ2n) is 9.52. The lowest BCUT2D eigenvalue weighted by atomic mass is 9.75. The molecule has 0 aromatic heterocycles. The maximum absolute atomic E-state index is 7.99. The first-order valence-electron chi connectivity index (χ1n) is 9.69. The Morgan fingerprint density at radius 1 is 0.778 bits per heavy atom. The molecule has 27 heavy (non-hydrogen) atoms. The van der Waals surface area contributed by atoms with Gasteiger partial charge in [0.15, 0.2) is 0 Å². The molecule has 0 bridgehead atoms. The number of rotatable bonds is 3. The number of nitrogens with zero attached hydrogens (tertiary/aromatic N) is 1. The summed E-state index contributed by atoms with van der Waals surface area (Å²) in [5.74, 6) is 2.02. The van der Waals surface area contributed by atoms with Crippen LogP contribution in [0, 0.1) is 34.5 Å². The largest absolute Gasteiger partial charge is 0.198 e. The first-order valence-corrected chi connectivity index (χ1v) is 9.69. The summed E-state index contributed by atoms with van der Waals surface area (Å²) in [6.45, 7) is 24.5. The Morgan fingerprint density at radius 2 is 1.15 bits per heavy atom. The molecule has 0 spiro atoms. The maximum Gasteiger partial charge on any atom is 0.0624 e. The van der Waals surface area contributed by atoms with E-state index >= 15 is 0 Å². The summed E-state index contributed by atoms with van der Waals surface area (Å²) in [5.41, 5.74) is 2.22. The van der Waals surface area contributed by atoms with Crippen LogP contribution in [0.5, 0.6) is 0 Å². The van der Waals surface area contributed by atoms with E-state index in [1.54, 1.807) is 0 Å². The standard InChI is InChI=1S/C12H18.C7H16.C5H9N.2CH4/c1-10(2)12(3,4)11-8-6-5-7-9-11;1-6(2)7(3,4)5;1-5(2)3-4-6;;/h5-10H,1-4H3;6H,1-5H3;5H,3H2,1-2H3;2*1H4. The molecule has 160 valence electrons. The highest BCUT2D eigenvalue weighted by molar-refractivity contribution is 5.23. The predicted octanol–water partition coefficient (Wildman–Crippen LogP) is 9.14. The van der Waals surface area contributed by atoms with Gasteiger partial charge in [0.2, 0.25) is 0 Å². The van der Waals surface area contributed by atoms with E-state index in [1.165, 1.54) is 5.56 Å². The molecule has 0 amide bonds. The Kier molecular flexibility index (Phi) is 19.4. The van der Waals surface area contributed by atoms with Crippen LogP contribution in [0.25, 0.3) is 0 Å². The lowest BCUT2D eigenvalue weighted by molar-refractivity contribution is 0.283. The average molecular weight is 378 g/mol. The minimum absolute atomic E-state index is 0. The quantitative estimate of drug-likeness (QED) is 0.515. The van der Waals surface area contributed by atoms with Crippen LogP contribution in [0.4, 0.5) is 0 Å². The Hall–Kier alpha value is -1.29. The molecule has 0 saturated heterocycles. The Morgan fingerprint density at radius 3 is 1.33 bits per heavy atom. The van der Waals surface area contributed by atoms with Crippen LogP contribution in [0.1, 0.15) is 103 Å². The lowest BCUT2D eigenvalue weighted by Gasteiger charge is -2.29. The van der Waals surface area contributed by atoms with Gasteiger partial charge in [-0.15, -0.1) is 0 Å². The van der Waals surface area contributed by atoms with E-state index in [-0.39, 0.29) is 14.9 Å². The van der Waals surface area contributed by atoms with Crippen molar-refractivity contribution in [3.63, 3.8) is 0 Å². The minimum atomic E-state index is 0. The molecule has 0 N–H and O–H groups in total. The van der Waals surface area contributed by atoms with Gasteiger partial charge < -0.3 is 0 Å². The molecule has 0 aliphatic heterocycles. The van der Waals surface area contributed by atoms with E-state index in [4.69, 9.17) is 5.26 Å². The maximum atomic E-state index is 7.99. The number of benzene rings is 1. The fourth-order valence-corrected chi connectivity index (χ4v) is 1.38. The molecule has 1 heteroatoms. The number of hydrogen-bond donors (Lipinski definition) is 0. The van der Waals surface area contributed by atoms with Gasteiger partial charge in [-0.3, -0.25) is 0 Å². The van der Waals surface area contributed by atoms with Crippen molar-refractivity contribution >= 4 is 0 Å². The second kappa shape index (κ2) is 15.7. The summed E-state index contributed by atoms with van der Waals surface area (Å²) in [5, 5.41) is 7.99. The van der Waals surface area contributed by atoms with Crippen molar-refractivity contribution in [2.24, 2.45) is 23.2 Å². The van der Waals surface area contributed by atoms with E-state index in [0.29, 0.717) is 29.1 Å². The molecular weight excluding hydrogens is 326 g/mol. The lowest BCUT2D eigenvalue weighted by Crippen LogP contribution is -2.23. The van der Waals surface area contributed by atoms with Gasteiger partial charge in [0.25, 0.3) is 0 Å². The van der Waals surface area contributed by atoms with Crippen LogP contribution in [0.15, 0.2) is 30.3 Å². The molecule has 1 nitrogen and oxygen atoms in total. The predicted molar refractivity (Wildman–Crippen MR) is 127 cm³/mol. The molecule has 0 heterocycles. The third-order valence-electron chi connectivity index (χ3n) is 5.19. The SMILES string of the molecule is C.C.CC(C)C(C)(C)C.CC(C)C(C)(C)c1ccccc1.CC(C)CC#N. The molecule has 0 fully saturated rings. The van der Waals surface area contributed by atoms with Crippen LogP contribution >= 0.6 is 0 Å². The summed E-state index contributed by atoms with van der Waals surface area (Å²) >= 11 is 0. The second-order valence-corrected chi connectivity index (χ2v) is 9.52. The van der Waals surface area contributed by atoms with Crippen LogP contribution in [0.3, 0.4) is 0 Å². The Bertz CT molecular complexity index is 467. The smallest absolute Gasteiger partial charge is 0.0624 e. The van der Waals surface area contributed by atoms with Crippen LogP contribution in [-0.2, 0) is 5.41 Å². The van der Waals surface area contributed by atoms with Crippen LogP contribution < -0.4 is 0 Å². The molecule has 0 aliphatic carbocycles. The Labute approximate surface area is 173 Å². The van der Waals surface area contributed by atoms with Crippen LogP contribution in [-0.4, -0.2) is 0 Å². The van der Waals surface area contributed by atoms with Gasteiger partial charge in [-0.1, -0.05) is 121 Å². The van der Waals surface area contributed by atoms with E-state index in [0.717, 1.165) is 5.92 Å². The van der Waals surface area contributed by atoms with Gasteiger partial charge in [-0.2, -0.15) is 5.26 Å². The minimum Gasteiger partial charge on any atom is -0.198 e. The van der Waals surface area contributed by atoms with E-state index in [1.807, 2.05) is 13.8 Å². The van der Waals surface area contributed by atoms with Crippen molar-refractivity contribution in [2.75, 3.05) is 0 Å². The zero-order chi connectivity index (χ0) is 20.3. The van der Waals surface area contributed by atoms with E-state index in [9.17, 15) is 0 Å². The topological polar surface area (TPSA) is 23.8 Å². The summed E-state index contributed by atoms with van der Waals surface area (Å²) in [6, 6.07) is 12.8. The van der Waals surface area contributed by atoms with Crippen molar-refractivity contribution < 1.29 is 0 Å². The zero-order valence-corrected chi connectivity index (χ0v) is 18.8. The highest BCUT2D eigenvalue weighted by atomic mass is 14.3. The van der Waals surface area contributed by atoms with Crippen molar-refractivity contribution in [3.05, 3.63) is 35.9 Å². The molecule has 0 saturated carbocycles. The zero-order valence-electron chi connectivity index (χ0n) is 18.8. The highest BCUT2D eigenvalue weighted by Crippen LogP contribution is 2.30. The fraction of sp³-hybridized carbons (Fsp3) is 0.731. The summed E-state index contributed by atoms with van der Waals surface area (Å²) in [4.78, 5) is 0. The Balaban J connectivity index is -0.000000154. The molecule has 1 rings (SSSR count). The first kappa shape index (κ1) is 33.3. The highest BCUT2D eigenvalue weighted by Gasteiger charge is 2.23. The normalized spacial score (nSPS) is 10.6.